The standard InChI is InChI=1S/C6H6.CH2O2/c1-2-4-6-5-3-1;2-1-3/h1-6H;1H,(H,2,3). The fourth-order valence-corrected chi connectivity index (χ4v) is 0.385. The summed E-state index contributed by atoms with van der Waals surface area (Å²) < 4.78 is 0. The maximum Gasteiger partial charge on any atom is 0.290 e. The molecule has 1 aromatic rings. The summed E-state index contributed by atoms with van der Waals surface area (Å²) in [5, 5.41) is 6.89. The lowest BCUT2D eigenvalue weighted by atomic mass is 10.4. The van der Waals surface area contributed by atoms with Crippen molar-refractivity contribution >= 4 is 6.47 Å². The monoisotopic (exact) mass is 124 g/mol. The quantitative estimate of drug-likeness (QED) is 0.530. The Bertz CT molecular complexity index is 110. The second-order valence-electron chi connectivity index (χ2n) is 1.26. The van der Waals surface area contributed by atoms with E-state index in [0.29, 0.717) is 0 Å². The molecular formula is C7H8O2. The van der Waals surface area contributed by atoms with Gasteiger partial charge >= 0.3 is 0 Å². The smallest absolute Gasteiger partial charge is 0.290 e. The summed E-state index contributed by atoms with van der Waals surface area (Å²) in [7, 11) is 0. The van der Waals surface area contributed by atoms with Crippen LogP contribution in [0.1, 0.15) is 0 Å². The SMILES string of the molecule is O=CO.c1ccccc1. The molecule has 1 aromatic carbocycles. The lowest BCUT2D eigenvalue weighted by Crippen LogP contribution is -1.49. The molecule has 2 heteroatoms. The van der Waals surface area contributed by atoms with Crippen LogP contribution in [0.4, 0.5) is 0 Å². The topological polar surface area (TPSA) is 37.3 Å². The van der Waals surface area contributed by atoms with Gasteiger partial charge in [0.05, 0.1) is 0 Å². The van der Waals surface area contributed by atoms with E-state index < -0.39 is 0 Å². The Kier molecular flexibility index (Phi) is 5.72. The van der Waals surface area contributed by atoms with Gasteiger partial charge in [0.1, 0.15) is 0 Å². The number of rotatable bonds is 0. The Balaban J connectivity index is 0.000000187. The predicted molar refractivity (Wildman–Crippen MR) is 35.1 cm³/mol. The van der Waals surface area contributed by atoms with E-state index >= 15 is 0 Å². The third-order valence-electron chi connectivity index (χ3n) is 0.667. The fraction of sp³-hybridized carbons (Fsp3) is 0. The van der Waals surface area contributed by atoms with Crippen LogP contribution in [0.25, 0.3) is 0 Å². The number of hydrogen-bond donors (Lipinski definition) is 1. The van der Waals surface area contributed by atoms with Crippen LogP contribution < -0.4 is 0 Å². The minimum atomic E-state index is -0.250. The van der Waals surface area contributed by atoms with E-state index in [1.54, 1.807) is 0 Å². The van der Waals surface area contributed by atoms with Crippen molar-refractivity contribution in [1.82, 2.24) is 0 Å². The van der Waals surface area contributed by atoms with Crippen molar-refractivity contribution in [1.29, 1.82) is 0 Å². The molecule has 0 aromatic heterocycles. The van der Waals surface area contributed by atoms with Crippen LogP contribution in [0, 0.1) is 0 Å². The Morgan fingerprint density at radius 3 is 1.11 bits per heavy atom. The van der Waals surface area contributed by atoms with Gasteiger partial charge in [-0.15, -0.1) is 0 Å². The molecule has 0 atom stereocenters. The predicted octanol–water partition coefficient (Wildman–Crippen LogP) is 1.39. The highest BCUT2D eigenvalue weighted by Gasteiger charge is 1.57. The fourth-order valence-electron chi connectivity index (χ4n) is 0.385. The summed E-state index contributed by atoms with van der Waals surface area (Å²) in [6.07, 6.45) is 0. The Morgan fingerprint density at radius 2 is 1.00 bits per heavy atom. The molecule has 0 saturated heterocycles. The zero-order valence-corrected chi connectivity index (χ0v) is 4.90. The molecule has 0 aliphatic rings. The molecular weight excluding hydrogens is 116 g/mol. The van der Waals surface area contributed by atoms with E-state index in [1.807, 2.05) is 36.4 Å². The van der Waals surface area contributed by atoms with E-state index in [4.69, 9.17) is 9.90 Å². The summed E-state index contributed by atoms with van der Waals surface area (Å²) in [6, 6.07) is 12.0. The van der Waals surface area contributed by atoms with Crippen LogP contribution in [-0.4, -0.2) is 11.6 Å². The zero-order chi connectivity index (χ0) is 6.95. The van der Waals surface area contributed by atoms with Gasteiger partial charge in [-0.2, -0.15) is 0 Å². The lowest BCUT2D eigenvalue weighted by molar-refractivity contribution is -0.122. The molecule has 1 rings (SSSR count). The Hall–Kier alpha value is -1.31. The molecule has 0 unspecified atom stereocenters. The molecule has 0 aliphatic carbocycles. The van der Waals surface area contributed by atoms with Crippen molar-refractivity contribution in [2.45, 2.75) is 0 Å². The second-order valence-corrected chi connectivity index (χ2v) is 1.26. The molecule has 48 valence electrons. The number of benzene rings is 1. The first-order valence-corrected chi connectivity index (χ1v) is 2.49. The maximum atomic E-state index is 8.36. The van der Waals surface area contributed by atoms with E-state index in [-0.39, 0.29) is 6.47 Å². The first-order valence-electron chi connectivity index (χ1n) is 2.49. The van der Waals surface area contributed by atoms with Crippen molar-refractivity contribution in [3.63, 3.8) is 0 Å². The van der Waals surface area contributed by atoms with E-state index in [1.165, 1.54) is 0 Å². The van der Waals surface area contributed by atoms with Crippen LogP contribution in [-0.2, 0) is 4.79 Å². The van der Waals surface area contributed by atoms with Gasteiger partial charge in [0.15, 0.2) is 0 Å². The van der Waals surface area contributed by atoms with Crippen LogP contribution in [0.3, 0.4) is 0 Å². The van der Waals surface area contributed by atoms with Gasteiger partial charge in [-0.1, -0.05) is 36.4 Å². The average molecular weight is 124 g/mol. The van der Waals surface area contributed by atoms with Crippen molar-refractivity contribution in [3.8, 4) is 0 Å². The molecule has 0 heterocycles. The number of carboxylic acid groups (broad SMARTS) is 1. The van der Waals surface area contributed by atoms with Gasteiger partial charge in [-0.3, -0.25) is 4.79 Å². The van der Waals surface area contributed by atoms with Gasteiger partial charge in [-0.25, -0.2) is 0 Å². The van der Waals surface area contributed by atoms with Gasteiger partial charge in [0.2, 0.25) is 0 Å². The maximum absolute atomic E-state index is 8.36. The molecule has 0 bridgehead atoms. The lowest BCUT2D eigenvalue weighted by Gasteiger charge is -1.69. The average Bonchev–Trinajstić information content (AvgIpc) is 1.93. The highest BCUT2D eigenvalue weighted by Crippen LogP contribution is 1.79. The Labute approximate surface area is 53.8 Å². The Morgan fingerprint density at radius 1 is 0.889 bits per heavy atom. The van der Waals surface area contributed by atoms with Crippen LogP contribution >= 0.6 is 0 Å². The van der Waals surface area contributed by atoms with Crippen molar-refractivity contribution in [2.24, 2.45) is 0 Å². The molecule has 0 fully saturated rings. The number of carbonyl (C=O) groups is 1. The van der Waals surface area contributed by atoms with E-state index in [0.717, 1.165) is 0 Å². The molecule has 1 N–H and O–H groups in total. The normalized spacial score (nSPS) is 6.67. The minimum absolute atomic E-state index is 0.250. The van der Waals surface area contributed by atoms with E-state index in [2.05, 4.69) is 0 Å². The first kappa shape index (κ1) is 7.69. The van der Waals surface area contributed by atoms with Gasteiger partial charge in [-0.05, 0) is 0 Å². The second kappa shape index (κ2) is 6.69. The summed E-state index contributed by atoms with van der Waals surface area (Å²) >= 11 is 0. The highest BCUT2D eigenvalue weighted by atomic mass is 16.3. The largest absolute Gasteiger partial charge is 0.483 e. The summed E-state index contributed by atoms with van der Waals surface area (Å²) in [5.74, 6) is 0. The molecule has 2 nitrogen and oxygen atoms in total. The van der Waals surface area contributed by atoms with Crippen LogP contribution in [0.15, 0.2) is 36.4 Å². The van der Waals surface area contributed by atoms with Gasteiger partial charge in [0, 0.05) is 0 Å². The highest BCUT2D eigenvalue weighted by molar-refractivity contribution is 5.32. The van der Waals surface area contributed by atoms with Gasteiger partial charge < -0.3 is 5.11 Å². The molecule has 0 aliphatic heterocycles. The summed E-state index contributed by atoms with van der Waals surface area (Å²) in [5.41, 5.74) is 0. The molecule has 0 spiro atoms. The molecule has 0 amide bonds. The van der Waals surface area contributed by atoms with Crippen LogP contribution in [0.2, 0.25) is 0 Å². The van der Waals surface area contributed by atoms with Crippen molar-refractivity contribution in [2.75, 3.05) is 0 Å². The number of hydrogen-bond acceptors (Lipinski definition) is 1. The minimum Gasteiger partial charge on any atom is -0.483 e. The molecule has 0 radical (unpaired) electrons. The molecule has 0 saturated carbocycles. The summed E-state index contributed by atoms with van der Waals surface area (Å²) in [4.78, 5) is 8.36. The third-order valence-corrected chi connectivity index (χ3v) is 0.667. The van der Waals surface area contributed by atoms with E-state index in [9.17, 15) is 0 Å². The van der Waals surface area contributed by atoms with Gasteiger partial charge in [0.25, 0.3) is 6.47 Å². The van der Waals surface area contributed by atoms with Crippen molar-refractivity contribution in [3.05, 3.63) is 36.4 Å². The molecule has 9 heavy (non-hydrogen) atoms. The zero-order valence-electron chi connectivity index (χ0n) is 4.90. The first-order chi connectivity index (χ1) is 4.41. The van der Waals surface area contributed by atoms with Crippen molar-refractivity contribution < 1.29 is 9.90 Å². The third kappa shape index (κ3) is 6.69. The summed E-state index contributed by atoms with van der Waals surface area (Å²) in [6.45, 7) is -0.250. The van der Waals surface area contributed by atoms with Crippen LogP contribution in [0.5, 0.6) is 0 Å².